The van der Waals surface area contributed by atoms with Crippen LogP contribution in [0.25, 0.3) is 28.4 Å². The molecule has 1 aromatic heterocycles. The smallest absolute Gasteiger partial charge is 0.328 e. The van der Waals surface area contributed by atoms with Crippen LogP contribution < -0.4 is 4.74 Å². The largest absolute Gasteiger partial charge is 0.497 e. The van der Waals surface area contributed by atoms with Gasteiger partial charge in [0.1, 0.15) is 17.1 Å². The molecule has 0 radical (unpaired) electrons. The van der Waals surface area contributed by atoms with Crippen LogP contribution in [0, 0.1) is 0 Å². The number of benzene rings is 2. The molecule has 0 saturated heterocycles. The monoisotopic (exact) mass is 352 g/mol. The molecule has 3 aromatic rings. The lowest BCUT2D eigenvalue weighted by molar-refractivity contribution is -0.136. The first-order chi connectivity index (χ1) is 12.5. The van der Waals surface area contributed by atoms with Gasteiger partial charge >= 0.3 is 11.9 Å². The lowest BCUT2D eigenvalue weighted by atomic mass is 10.0. The minimum atomic E-state index is -1.05. The molecule has 3 rings (SSSR count). The fourth-order valence-electron chi connectivity index (χ4n) is 2.74. The van der Waals surface area contributed by atoms with Crippen LogP contribution in [0.4, 0.5) is 0 Å². The highest BCUT2D eigenvalue weighted by Crippen LogP contribution is 2.35. The number of hydrogen-bond acceptors (Lipinski definition) is 4. The average Bonchev–Trinajstić information content (AvgIpc) is 2.97. The van der Waals surface area contributed by atoms with Crippen LogP contribution in [0.1, 0.15) is 11.1 Å². The highest BCUT2D eigenvalue weighted by atomic mass is 16.5. The third-order valence-corrected chi connectivity index (χ3v) is 3.91. The summed E-state index contributed by atoms with van der Waals surface area (Å²) in [6.07, 6.45) is 2.27. The maximum atomic E-state index is 11.3. The molecule has 0 atom stereocenters. The van der Waals surface area contributed by atoms with Gasteiger partial charge in [0.15, 0.2) is 0 Å². The molecule has 6 heteroatoms. The van der Waals surface area contributed by atoms with E-state index in [1.165, 1.54) is 6.08 Å². The van der Waals surface area contributed by atoms with Gasteiger partial charge in [0, 0.05) is 22.6 Å². The Hall–Kier alpha value is -3.54. The number of ether oxygens (including phenoxy) is 1. The molecule has 6 nitrogen and oxygen atoms in total. The Kier molecular flexibility index (Phi) is 4.75. The molecule has 0 bridgehead atoms. The molecule has 0 amide bonds. The summed E-state index contributed by atoms with van der Waals surface area (Å²) >= 11 is 0. The maximum absolute atomic E-state index is 11.3. The Bertz CT molecular complexity index is 995. The molecule has 0 fully saturated rings. The van der Waals surface area contributed by atoms with E-state index < -0.39 is 11.9 Å². The predicted octanol–water partition coefficient (Wildman–Crippen LogP) is 3.83. The van der Waals surface area contributed by atoms with E-state index >= 15 is 0 Å². The van der Waals surface area contributed by atoms with Crippen LogP contribution in [-0.2, 0) is 16.0 Å². The summed E-state index contributed by atoms with van der Waals surface area (Å²) in [7, 11) is 1.57. The van der Waals surface area contributed by atoms with Gasteiger partial charge in [-0.25, -0.2) is 4.79 Å². The SMILES string of the molecule is COc1ccc(-c2oc3ccc(C=CC(=O)O)cc3c2CC(=O)O)cc1. The van der Waals surface area contributed by atoms with E-state index in [1.807, 2.05) is 0 Å². The van der Waals surface area contributed by atoms with Gasteiger partial charge in [-0.05, 0) is 48.0 Å². The fraction of sp³-hybridized carbons (Fsp3) is 0.100. The summed E-state index contributed by atoms with van der Waals surface area (Å²) in [6.45, 7) is 0. The Morgan fingerprint density at radius 2 is 1.85 bits per heavy atom. The number of rotatable bonds is 6. The first-order valence-corrected chi connectivity index (χ1v) is 7.80. The number of carboxylic acids is 2. The Labute approximate surface area is 148 Å². The van der Waals surface area contributed by atoms with E-state index in [4.69, 9.17) is 14.3 Å². The number of methoxy groups -OCH3 is 1. The normalized spacial score (nSPS) is 11.1. The van der Waals surface area contributed by atoms with Crippen molar-refractivity contribution < 1.29 is 29.0 Å². The average molecular weight is 352 g/mol. The lowest BCUT2D eigenvalue weighted by Crippen LogP contribution is -2.00. The van der Waals surface area contributed by atoms with Crippen molar-refractivity contribution in [1.29, 1.82) is 0 Å². The molecule has 0 spiro atoms. The number of carbonyl (C=O) groups is 2. The van der Waals surface area contributed by atoms with Crippen LogP contribution in [0.3, 0.4) is 0 Å². The standard InChI is InChI=1S/C20H16O6/c1-25-14-6-4-13(5-7-14)20-16(11-19(23)24)15-10-12(3-9-18(21)22)2-8-17(15)26-20/h2-10H,11H2,1H3,(H,21,22)(H,23,24). The molecule has 0 aliphatic rings. The van der Waals surface area contributed by atoms with Crippen LogP contribution in [0.15, 0.2) is 53.0 Å². The van der Waals surface area contributed by atoms with Gasteiger partial charge in [-0.1, -0.05) is 6.07 Å². The highest BCUT2D eigenvalue weighted by molar-refractivity contribution is 5.93. The number of aliphatic carboxylic acids is 2. The summed E-state index contributed by atoms with van der Waals surface area (Å²) in [4.78, 5) is 22.0. The summed E-state index contributed by atoms with van der Waals surface area (Å²) < 4.78 is 11.0. The van der Waals surface area contributed by atoms with E-state index in [1.54, 1.807) is 49.6 Å². The molecule has 0 aliphatic heterocycles. The quantitative estimate of drug-likeness (QED) is 0.654. The minimum absolute atomic E-state index is 0.208. The molecule has 26 heavy (non-hydrogen) atoms. The van der Waals surface area contributed by atoms with Crippen molar-refractivity contribution in [1.82, 2.24) is 0 Å². The molecule has 0 saturated carbocycles. The second-order valence-corrected chi connectivity index (χ2v) is 5.64. The third-order valence-electron chi connectivity index (χ3n) is 3.91. The molecular weight excluding hydrogens is 336 g/mol. The number of fused-ring (bicyclic) bond motifs is 1. The Morgan fingerprint density at radius 1 is 1.12 bits per heavy atom. The zero-order valence-electron chi connectivity index (χ0n) is 13.9. The van der Waals surface area contributed by atoms with Crippen molar-refractivity contribution in [3.05, 3.63) is 59.7 Å². The molecule has 2 N–H and O–H groups in total. The van der Waals surface area contributed by atoms with Gasteiger partial charge in [0.2, 0.25) is 0 Å². The number of furan rings is 1. The van der Waals surface area contributed by atoms with Crippen LogP contribution in [0.2, 0.25) is 0 Å². The van der Waals surface area contributed by atoms with Crippen LogP contribution in [0.5, 0.6) is 5.75 Å². The first kappa shape index (κ1) is 17.3. The Morgan fingerprint density at radius 3 is 2.46 bits per heavy atom. The highest BCUT2D eigenvalue weighted by Gasteiger charge is 2.18. The van der Waals surface area contributed by atoms with Crippen molar-refractivity contribution in [2.75, 3.05) is 7.11 Å². The molecule has 1 heterocycles. The van der Waals surface area contributed by atoms with E-state index in [0.29, 0.717) is 33.6 Å². The fourth-order valence-corrected chi connectivity index (χ4v) is 2.74. The van der Waals surface area contributed by atoms with Crippen molar-refractivity contribution in [2.45, 2.75) is 6.42 Å². The summed E-state index contributed by atoms with van der Waals surface area (Å²) in [5.41, 5.74) is 2.47. The van der Waals surface area contributed by atoms with Crippen molar-refractivity contribution in [3.8, 4) is 17.1 Å². The molecular formula is C20H16O6. The van der Waals surface area contributed by atoms with Gasteiger partial charge < -0.3 is 19.4 Å². The van der Waals surface area contributed by atoms with Gasteiger partial charge in [0.25, 0.3) is 0 Å². The van der Waals surface area contributed by atoms with Gasteiger partial charge in [-0.2, -0.15) is 0 Å². The van der Waals surface area contributed by atoms with Gasteiger partial charge in [0.05, 0.1) is 13.5 Å². The maximum Gasteiger partial charge on any atom is 0.328 e. The molecule has 0 aliphatic carbocycles. The van der Waals surface area contributed by atoms with E-state index in [2.05, 4.69) is 0 Å². The second-order valence-electron chi connectivity index (χ2n) is 5.64. The van der Waals surface area contributed by atoms with Crippen molar-refractivity contribution >= 4 is 29.0 Å². The predicted molar refractivity (Wildman–Crippen MR) is 96.2 cm³/mol. The number of hydrogen-bond donors (Lipinski definition) is 2. The third kappa shape index (κ3) is 3.59. The first-order valence-electron chi connectivity index (χ1n) is 7.80. The van der Waals surface area contributed by atoms with E-state index in [9.17, 15) is 14.7 Å². The van der Waals surface area contributed by atoms with Crippen LogP contribution >= 0.6 is 0 Å². The topological polar surface area (TPSA) is 97.0 Å². The summed E-state index contributed by atoms with van der Waals surface area (Å²) in [5.74, 6) is -0.869. The van der Waals surface area contributed by atoms with Crippen molar-refractivity contribution in [2.24, 2.45) is 0 Å². The lowest BCUT2D eigenvalue weighted by Gasteiger charge is -2.03. The van der Waals surface area contributed by atoms with E-state index in [-0.39, 0.29) is 6.42 Å². The van der Waals surface area contributed by atoms with Gasteiger partial charge in [-0.3, -0.25) is 4.79 Å². The van der Waals surface area contributed by atoms with Crippen LogP contribution in [-0.4, -0.2) is 29.3 Å². The second kappa shape index (κ2) is 7.14. The Balaban J connectivity index is 2.15. The summed E-state index contributed by atoms with van der Waals surface area (Å²) in [5, 5.41) is 18.7. The molecule has 132 valence electrons. The molecule has 0 unspecified atom stereocenters. The summed E-state index contributed by atoms with van der Waals surface area (Å²) in [6, 6.07) is 12.3. The zero-order valence-corrected chi connectivity index (χ0v) is 13.9. The van der Waals surface area contributed by atoms with Crippen molar-refractivity contribution in [3.63, 3.8) is 0 Å². The molecule has 2 aromatic carbocycles. The number of carboxylic acid groups (broad SMARTS) is 2. The van der Waals surface area contributed by atoms with Gasteiger partial charge in [-0.15, -0.1) is 0 Å². The van der Waals surface area contributed by atoms with E-state index in [0.717, 1.165) is 11.6 Å². The minimum Gasteiger partial charge on any atom is -0.497 e. The zero-order chi connectivity index (χ0) is 18.7.